The third-order valence-electron chi connectivity index (χ3n) is 4.52. The molecule has 0 spiro atoms. The molecule has 0 aromatic rings. The molecule has 0 radical (unpaired) electrons. The quantitative estimate of drug-likeness (QED) is 0.793. The molecule has 1 saturated heterocycles. The van der Waals surface area contributed by atoms with Crippen LogP contribution in [0.4, 0.5) is 0 Å². The Morgan fingerprint density at radius 1 is 0.938 bits per heavy atom. The van der Waals surface area contributed by atoms with Gasteiger partial charge in [-0.15, -0.1) is 0 Å². The summed E-state index contributed by atoms with van der Waals surface area (Å²) in [5.41, 5.74) is 0. The highest BCUT2D eigenvalue weighted by Gasteiger charge is 2.23. The molecule has 0 aromatic carbocycles. The lowest BCUT2D eigenvalue weighted by molar-refractivity contribution is 0.186. The second-order valence-corrected chi connectivity index (χ2v) is 5.83. The summed E-state index contributed by atoms with van der Waals surface area (Å²) >= 11 is 0. The first-order valence-electron chi connectivity index (χ1n) is 7.26. The van der Waals surface area contributed by atoms with E-state index in [0.29, 0.717) is 0 Å². The Labute approximate surface area is 101 Å². The molecule has 2 heteroatoms. The zero-order valence-electron chi connectivity index (χ0n) is 11.0. The fourth-order valence-corrected chi connectivity index (χ4v) is 3.18. The summed E-state index contributed by atoms with van der Waals surface area (Å²) in [6.07, 6.45) is 8.42. The Kier molecular flexibility index (Phi) is 4.66. The van der Waals surface area contributed by atoms with E-state index in [9.17, 15) is 0 Å². The second kappa shape index (κ2) is 6.02. The van der Waals surface area contributed by atoms with Gasteiger partial charge in [-0.3, -0.25) is 0 Å². The van der Waals surface area contributed by atoms with E-state index < -0.39 is 0 Å². The van der Waals surface area contributed by atoms with Gasteiger partial charge in [0.25, 0.3) is 0 Å². The second-order valence-electron chi connectivity index (χ2n) is 5.83. The predicted octanol–water partition coefficient (Wildman–Crippen LogP) is 2.64. The van der Waals surface area contributed by atoms with Crippen molar-refractivity contribution in [3.05, 3.63) is 0 Å². The summed E-state index contributed by atoms with van der Waals surface area (Å²) in [4.78, 5) is 2.57. The molecule has 0 bridgehead atoms. The lowest BCUT2D eigenvalue weighted by Crippen LogP contribution is -2.46. The molecule has 94 valence electrons. The van der Waals surface area contributed by atoms with Crippen molar-refractivity contribution in [2.75, 3.05) is 19.6 Å². The van der Waals surface area contributed by atoms with Crippen molar-refractivity contribution >= 4 is 0 Å². The van der Waals surface area contributed by atoms with Gasteiger partial charge in [0, 0.05) is 12.1 Å². The minimum atomic E-state index is 0.807. The van der Waals surface area contributed by atoms with Gasteiger partial charge in [0.15, 0.2) is 0 Å². The van der Waals surface area contributed by atoms with E-state index in [-0.39, 0.29) is 0 Å². The molecule has 0 aromatic heterocycles. The molecule has 2 rings (SSSR count). The van der Waals surface area contributed by atoms with Crippen molar-refractivity contribution in [3.63, 3.8) is 0 Å². The van der Waals surface area contributed by atoms with Crippen molar-refractivity contribution in [3.8, 4) is 0 Å². The van der Waals surface area contributed by atoms with Crippen LogP contribution in [0.25, 0.3) is 0 Å². The molecule has 1 aliphatic heterocycles. The maximum atomic E-state index is 3.90. The average Bonchev–Trinajstić information content (AvgIpc) is 2.33. The molecule has 1 N–H and O–H groups in total. The summed E-state index contributed by atoms with van der Waals surface area (Å²) in [5.74, 6) is 0.972. The zero-order valence-corrected chi connectivity index (χ0v) is 11.0. The Morgan fingerprint density at radius 3 is 2.06 bits per heavy atom. The molecular weight excluding hydrogens is 196 g/mol. The van der Waals surface area contributed by atoms with Crippen LogP contribution in [0.1, 0.15) is 52.4 Å². The third-order valence-corrected chi connectivity index (χ3v) is 4.52. The average molecular weight is 224 g/mol. The van der Waals surface area contributed by atoms with Gasteiger partial charge in [0.2, 0.25) is 0 Å². The Balaban J connectivity index is 1.66. The predicted molar refractivity (Wildman–Crippen MR) is 69.7 cm³/mol. The number of nitrogens with zero attached hydrogens (tertiary/aromatic N) is 1. The van der Waals surface area contributed by atoms with Gasteiger partial charge < -0.3 is 10.2 Å². The number of rotatable bonds is 3. The fourth-order valence-electron chi connectivity index (χ4n) is 3.18. The number of likely N-dealkylation sites (tertiary alicyclic amines) is 1. The monoisotopic (exact) mass is 224 g/mol. The topological polar surface area (TPSA) is 15.3 Å². The fraction of sp³-hybridized carbons (Fsp3) is 1.00. The van der Waals surface area contributed by atoms with Crippen LogP contribution in [0.15, 0.2) is 0 Å². The maximum absolute atomic E-state index is 3.90. The first kappa shape index (κ1) is 12.4. The minimum absolute atomic E-state index is 0.807. The lowest BCUT2D eigenvalue weighted by Gasteiger charge is -2.36. The smallest absolute Gasteiger partial charge is 0.00940 e. The van der Waals surface area contributed by atoms with Crippen LogP contribution >= 0.6 is 0 Å². The summed E-state index contributed by atoms with van der Waals surface area (Å²) in [6.45, 7) is 8.51. The van der Waals surface area contributed by atoms with Crippen molar-refractivity contribution < 1.29 is 0 Å². The van der Waals surface area contributed by atoms with Gasteiger partial charge in [0.05, 0.1) is 0 Å². The molecule has 1 heterocycles. The Morgan fingerprint density at radius 2 is 1.50 bits per heavy atom. The zero-order chi connectivity index (χ0) is 11.4. The molecular formula is C14H28N2. The standard InChI is InChI=1S/C14H28N2/c1-3-16-10-8-14(9-11-16)15-13-6-4-12(2)5-7-13/h12-15H,3-11H2,1-2H3. The molecule has 1 saturated carbocycles. The summed E-state index contributed by atoms with van der Waals surface area (Å²) in [6, 6.07) is 1.63. The third kappa shape index (κ3) is 3.46. The molecule has 0 unspecified atom stereocenters. The highest BCUT2D eigenvalue weighted by molar-refractivity contribution is 4.82. The summed E-state index contributed by atoms with van der Waals surface area (Å²) in [7, 11) is 0. The van der Waals surface area contributed by atoms with Crippen molar-refractivity contribution in [2.24, 2.45) is 5.92 Å². The van der Waals surface area contributed by atoms with Crippen molar-refractivity contribution in [1.82, 2.24) is 10.2 Å². The molecule has 16 heavy (non-hydrogen) atoms. The highest BCUT2D eigenvalue weighted by Crippen LogP contribution is 2.24. The van der Waals surface area contributed by atoms with E-state index in [1.54, 1.807) is 0 Å². The van der Waals surface area contributed by atoms with Crippen LogP contribution in [0, 0.1) is 5.92 Å². The van der Waals surface area contributed by atoms with Crippen LogP contribution in [0.3, 0.4) is 0 Å². The first-order valence-corrected chi connectivity index (χ1v) is 7.26. The number of piperidine rings is 1. The van der Waals surface area contributed by atoms with E-state index in [1.807, 2.05) is 0 Å². The van der Waals surface area contributed by atoms with E-state index in [1.165, 1.54) is 58.2 Å². The summed E-state index contributed by atoms with van der Waals surface area (Å²) < 4.78 is 0. The Hall–Kier alpha value is -0.0800. The van der Waals surface area contributed by atoms with Gasteiger partial charge in [0.1, 0.15) is 0 Å². The van der Waals surface area contributed by atoms with Gasteiger partial charge >= 0.3 is 0 Å². The first-order chi connectivity index (χ1) is 7.78. The summed E-state index contributed by atoms with van der Waals surface area (Å²) in [5, 5.41) is 3.90. The SMILES string of the molecule is CCN1CCC(NC2CCC(C)CC2)CC1. The van der Waals surface area contributed by atoms with Crippen LogP contribution in [0.2, 0.25) is 0 Å². The number of hydrogen-bond acceptors (Lipinski definition) is 2. The van der Waals surface area contributed by atoms with Crippen LogP contribution in [-0.4, -0.2) is 36.6 Å². The minimum Gasteiger partial charge on any atom is -0.311 e. The molecule has 2 aliphatic rings. The number of nitrogens with one attached hydrogen (secondary N) is 1. The van der Waals surface area contributed by atoms with Gasteiger partial charge in [-0.25, -0.2) is 0 Å². The highest BCUT2D eigenvalue weighted by atomic mass is 15.1. The number of hydrogen-bond donors (Lipinski definition) is 1. The molecule has 1 aliphatic carbocycles. The van der Waals surface area contributed by atoms with Crippen LogP contribution in [0.5, 0.6) is 0 Å². The molecule has 0 atom stereocenters. The van der Waals surface area contributed by atoms with Crippen LogP contribution < -0.4 is 5.32 Å². The van der Waals surface area contributed by atoms with Gasteiger partial charge in [-0.2, -0.15) is 0 Å². The largest absolute Gasteiger partial charge is 0.311 e. The van der Waals surface area contributed by atoms with Crippen molar-refractivity contribution in [1.29, 1.82) is 0 Å². The van der Waals surface area contributed by atoms with E-state index in [0.717, 1.165) is 18.0 Å². The van der Waals surface area contributed by atoms with Gasteiger partial charge in [-0.1, -0.05) is 13.8 Å². The molecule has 0 amide bonds. The normalized spacial score (nSPS) is 34.1. The Bertz CT molecular complexity index is 189. The van der Waals surface area contributed by atoms with E-state index in [4.69, 9.17) is 0 Å². The van der Waals surface area contributed by atoms with Crippen LogP contribution in [-0.2, 0) is 0 Å². The molecule has 2 nitrogen and oxygen atoms in total. The van der Waals surface area contributed by atoms with E-state index in [2.05, 4.69) is 24.1 Å². The molecule has 2 fully saturated rings. The van der Waals surface area contributed by atoms with Gasteiger partial charge in [-0.05, 0) is 64.1 Å². The van der Waals surface area contributed by atoms with E-state index >= 15 is 0 Å². The van der Waals surface area contributed by atoms with Crippen molar-refractivity contribution in [2.45, 2.75) is 64.5 Å². The lowest BCUT2D eigenvalue weighted by atomic mass is 9.86. The maximum Gasteiger partial charge on any atom is 0.00940 e.